The Balaban J connectivity index is 1.56. The lowest BCUT2D eigenvalue weighted by molar-refractivity contribution is -0.145. The lowest BCUT2D eigenvalue weighted by atomic mass is 10.1. The molecule has 7 heteroatoms. The van der Waals surface area contributed by atoms with Gasteiger partial charge in [-0.1, -0.05) is 35.9 Å². The highest BCUT2D eigenvalue weighted by molar-refractivity contribution is 6.31. The van der Waals surface area contributed by atoms with E-state index in [1.165, 1.54) is 12.3 Å². The molecule has 1 heterocycles. The van der Waals surface area contributed by atoms with Crippen LogP contribution in [-0.4, -0.2) is 11.0 Å². The molecule has 134 valence electrons. The van der Waals surface area contributed by atoms with E-state index in [2.05, 4.69) is 4.98 Å². The van der Waals surface area contributed by atoms with Gasteiger partial charge in [-0.3, -0.25) is 4.79 Å². The summed E-state index contributed by atoms with van der Waals surface area (Å²) < 4.78 is 38.0. The van der Waals surface area contributed by atoms with E-state index in [1.54, 1.807) is 24.3 Å². The van der Waals surface area contributed by atoms with Gasteiger partial charge in [0.15, 0.2) is 11.7 Å². The molecular formula is C19H14ClF2NO3. The second-order valence-electron chi connectivity index (χ2n) is 5.47. The third-order valence-electron chi connectivity index (χ3n) is 3.65. The Bertz CT molecular complexity index is 906. The van der Waals surface area contributed by atoms with Gasteiger partial charge in [0.2, 0.25) is 0 Å². The van der Waals surface area contributed by atoms with E-state index in [4.69, 9.17) is 20.8 Å². The van der Waals surface area contributed by atoms with Crippen LogP contribution in [0.1, 0.15) is 17.9 Å². The number of aromatic nitrogens is 1. The first-order valence-corrected chi connectivity index (χ1v) is 8.20. The minimum absolute atomic E-state index is 0.0180. The molecule has 26 heavy (non-hydrogen) atoms. The molecule has 0 aliphatic rings. The van der Waals surface area contributed by atoms with E-state index in [0.29, 0.717) is 10.6 Å². The van der Waals surface area contributed by atoms with E-state index in [9.17, 15) is 13.6 Å². The van der Waals surface area contributed by atoms with Crippen molar-refractivity contribution in [2.45, 2.75) is 19.4 Å². The summed E-state index contributed by atoms with van der Waals surface area (Å²) in [5.74, 6) is -1.78. The van der Waals surface area contributed by atoms with Crippen LogP contribution in [0.2, 0.25) is 5.02 Å². The fourth-order valence-corrected chi connectivity index (χ4v) is 2.52. The third-order valence-corrected chi connectivity index (χ3v) is 4.02. The molecule has 1 aromatic heterocycles. The van der Waals surface area contributed by atoms with Gasteiger partial charge in [0, 0.05) is 17.0 Å². The van der Waals surface area contributed by atoms with Crippen LogP contribution in [0.5, 0.6) is 0 Å². The van der Waals surface area contributed by atoms with Crippen LogP contribution in [0.15, 0.2) is 53.1 Å². The fraction of sp³-hybridized carbons (Fsp3) is 0.158. The number of rotatable bonds is 6. The molecule has 0 aliphatic heterocycles. The van der Waals surface area contributed by atoms with Crippen LogP contribution < -0.4 is 0 Å². The first-order chi connectivity index (χ1) is 12.5. The standard InChI is InChI=1S/C19H14ClF2NO3/c20-13-5-2-1-4-12(13)11-25-18(24)9-8-17-23-10-16(26-17)19-14(21)6-3-7-15(19)22/h1-7,10H,8-9,11H2. The largest absolute Gasteiger partial charge is 0.461 e. The van der Waals surface area contributed by atoms with Crippen molar-refractivity contribution in [2.75, 3.05) is 0 Å². The minimum atomic E-state index is -0.744. The van der Waals surface area contributed by atoms with Crippen molar-refractivity contribution in [2.24, 2.45) is 0 Å². The number of hydrogen-bond donors (Lipinski definition) is 0. The highest BCUT2D eigenvalue weighted by Crippen LogP contribution is 2.26. The SMILES string of the molecule is O=C(CCc1ncc(-c2c(F)cccc2F)o1)OCc1ccccc1Cl. The Hall–Kier alpha value is -2.73. The summed E-state index contributed by atoms with van der Waals surface area (Å²) >= 11 is 5.99. The Morgan fingerprint density at radius 2 is 1.85 bits per heavy atom. The number of carbonyl (C=O) groups excluding carboxylic acids is 1. The number of carbonyl (C=O) groups is 1. The summed E-state index contributed by atoms with van der Waals surface area (Å²) in [5, 5.41) is 0.518. The lowest BCUT2D eigenvalue weighted by Crippen LogP contribution is -2.06. The molecule has 0 unspecified atom stereocenters. The first-order valence-electron chi connectivity index (χ1n) is 7.82. The van der Waals surface area contributed by atoms with E-state index >= 15 is 0 Å². The Kier molecular flexibility index (Phi) is 5.63. The summed E-state index contributed by atoms with van der Waals surface area (Å²) in [6.45, 7) is 0.0653. The van der Waals surface area contributed by atoms with Crippen molar-refractivity contribution < 1.29 is 22.7 Å². The maximum absolute atomic E-state index is 13.7. The number of ether oxygens (including phenoxy) is 1. The van der Waals surface area contributed by atoms with Crippen LogP contribution in [0.4, 0.5) is 8.78 Å². The van der Waals surface area contributed by atoms with Crippen LogP contribution in [0.25, 0.3) is 11.3 Å². The van der Waals surface area contributed by atoms with E-state index in [1.807, 2.05) is 0 Å². The summed E-state index contributed by atoms with van der Waals surface area (Å²) in [6, 6.07) is 10.6. The zero-order valence-corrected chi connectivity index (χ0v) is 14.3. The molecule has 0 aliphatic carbocycles. The topological polar surface area (TPSA) is 52.3 Å². The molecule has 0 N–H and O–H groups in total. The number of nitrogens with zero attached hydrogens (tertiary/aromatic N) is 1. The number of hydrogen-bond acceptors (Lipinski definition) is 4. The monoisotopic (exact) mass is 377 g/mol. The van der Waals surface area contributed by atoms with Gasteiger partial charge in [0.05, 0.1) is 18.2 Å². The van der Waals surface area contributed by atoms with Gasteiger partial charge in [-0.2, -0.15) is 0 Å². The minimum Gasteiger partial charge on any atom is -0.461 e. The zero-order valence-electron chi connectivity index (χ0n) is 13.5. The molecule has 0 atom stereocenters. The summed E-state index contributed by atoms with van der Waals surface area (Å²) in [6.07, 6.45) is 1.40. The summed E-state index contributed by atoms with van der Waals surface area (Å²) in [4.78, 5) is 15.8. The third kappa shape index (κ3) is 4.26. The molecule has 2 aromatic carbocycles. The average molecular weight is 378 g/mol. The molecule has 3 aromatic rings. The van der Waals surface area contributed by atoms with Crippen LogP contribution in [0.3, 0.4) is 0 Å². The molecule has 0 spiro atoms. The highest BCUT2D eigenvalue weighted by atomic mass is 35.5. The van der Waals surface area contributed by atoms with Crippen LogP contribution in [0, 0.1) is 11.6 Å². The molecular weight excluding hydrogens is 364 g/mol. The van der Waals surface area contributed by atoms with Gasteiger partial charge < -0.3 is 9.15 Å². The molecule has 0 amide bonds. The maximum Gasteiger partial charge on any atom is 0.306 e. The quantitative estimate of drug-likeness (QED) is 0.570. The van der Waals surface area contributed by atoms with Gasteiger partial charge in [-0.15, -0.1) is 0 Å². The molecule has 0 radical (unpaired) electrons. The Morgan fingerprint density at radius 1 is 1.12 bits per heavy atom. The van der Waals surface area contributed by atoms with Crippen LogP contribution in [-0.2, 0) is 22.6 Å². The normalized spacial score (nSPS) is 10.7. The Morgan fingerprint density at radius 3 is 2.58 bits per heavy atom. The second kappa shape index (κ2) is 8.10. The second-order valence-corrected chi connectivity index (χ2v) is 5.87. The molecule has 0 saturated heterocycles. The predicted molar refractivity (Wildman–Crippen MR) is 91.4 cm³/mol. The average Bonchev–Trinajstić information content (AvgIpc) is 3.08. The molecule has 4 nitrogen and oxygen atoms in total. The number of esters is 1. The Labute approximate surface area is 153 Å². The first kappa shape index (κ1) is 18.1. The number of benzene rings is 2. The number of aryl methyl sites for hydroxylation is 1. The summed E-state index contributed by atoms with van der Waals surface area (Å²) in [5.41, 5.74) is 0.420. The van der Waals surface area contributed by atoms with Gasteiger partial charge >= 0.3 is 5.97 Å². The molecule has 3 rings (SSSR count). The van der Waals surface area contributed by atoms with E-state index in [0.717, 1.165) is 12.1 Å². The molecule has 0 bridgehead atoms. The van der Waals surface area contributed by atoms with Crippen molar-refractivity contribution in [1.82, 2.24) is 4.98 Å². The molecule has 0 fully saturated rings. The number of halogens is 3. The van der Waals surface area contributed by atoms with E-state index < -0.39 is 17.6 Å². The van der Waals surface area contributed by atoms with Crippen molar-refractivity contribution >= 4 is 17.6 Å². The summed E-state index contributed by atoms with van der Waals surface area (Å²) in [7, 11) is 0. The van der Waals surface area contributed by atoms with Crippen molar-refractivity contribution in [1.29, 1.82) is 0 Å². The van der Waals surface area contributed by atoms with Gasteiger partial charge in [-0.25, -0.2) is 13.8 Å². The lowest BCUT2D eigenvalue weighted by Gasteiger charge is -2.05. The van der Waals surface area contributed by atoms with Gasteiger partial charge in [0.1, 0.15) is 18.2 Å². The van der Waals surface area contributed by atoms with Crippen LogP contribution >= 0.6 is 11.6 Å². The maximum atomic E-state index is 13.7. The molecule has 0 saturated carbocycles. The highest BCUT2D eigenvalue weighted by Gasteiger charge is 2.16. The van der Waals surface area contributed by atoms with Gasteiger partial charge in [0.25, 0.3) is 0 Å². The van der Waals surface area contributed by atoms with Crippen molar-refractivity contribution in [3.63, 3.8) is 0 Å². The predicted octanol–water partition coefficient (Wildman–Crippen LogP) is 4.95. The van der Waals surface area contributed by atoms with Crippen molar-refractivity contribution in [3.8, 4) is 11.3 Å². The number of oxazole rings is 1. The smallest absolute Gasteiger partial charge is 0.306 e. The zero-order chi connectivity index (χ0) is 18.5. The van der Waals surface area contributed by atoms with Crippen molar-refractivity contribution in [3.05, 3.63) is 76.8 Å². The van der Waals surface area contributed by atoms with Gasteiger partial charge in [-0.05, 0) is 18.2 Å². The fourth-order valence-electron chi connectivity index (χ4n) is 2.33. The van der Waals surface area contributed by atoms with E-state index in [-0.39, 0.29) is 36.7 Å².